The van der Waals surface area contributed by atoms with Gasteiger partial charge in [-0.1, -0.05) is 17.7 Å². The Morgan fingerprint density at radius 1 is 0.903 bits per heavy atom. The standard InChI is InChI=1S/C23H24N2O6/c1-24-20(27)12-6-5-11-13(18(12)22(24)29)9-14-19(23(30)25(2)21(14)28)17(11)10-4-7-15(26)16(8-10)31-3/h4-5,7-8,12-14,17-19,26H,6,9H2,1-3H3. The van der Waals surface area contributed by atoms with Gasteiger partial charge in [-0.15, -0.1) is 0 Å². The van der Waals surface area contributed by atoms with E-state index in [0.717, 1.165) is 11.1 Å². The molecule has 0 radical (unpaired) electrons. The highest BCUT2D eigenvalue weighted by molar-refractivity contribution is 6.07. The predicted molar refractivity (Wildman–Crippen MR) is 108 cm³/mol. The number of hydrogen-bond donors (Lipinski definition) is 1. The number of phenols is 1. The molecular weight excluding hydrogens is 400 g/mol. The minimum atomic E-state index is -0.573. The number of imide groups is 2. The molecule has 4 amide bonds. The molecule has 162 valence electrons. The molecule has 1 aromatic carbocycles. The van der Waals surface area contributed by atoms with Crippen LogP contribution in [0.3, 0.4) is 0 Å². The van der Waals surface area contributed by atoms with Crippen LogP contribution in [-0.2, 0) is 19.2 Å². The number of likely N-dealkylation sites (tertiary alicyclic amines) is 2. The summed E-state index contributed by atoms with van der Waals surface area (Å²) in [5.41, 5.74) is 1.68. The van der Waals surface area contributed by atoms with Gasteiger partial charge in [0.05, 0.1) is 30.8 Å². The predicted octanol–water partition coefficient (Wildman–Crippen LogP) is 1.30. The second-order valence-electron chi connectivity index (χ2n) is 8.93. The number of ether oxygens (including phenoxy) is 1. The fourth-order valence-corrected chi connectivity index (χ4v) is 6.17. The average molecular weight is 424 g/mol. The molecule has 4 aliphatic rings. The van der Waals surface area contributed by atoms with Gasteiger partial charge in [0.25, 0.3) is 0 Å². The number of phenolic OH excluding ortho intramolecular Hbond substituents is 1. The van der Waals surface area contributed by atoms with E-state index in [1.54, 1.807) is 12.1 Å². The summed E-state index contributed by atoms with van der Waals surface area (Å²) >= 11 is 0. The van der Waals surface area contributed by atoms with Gasteiger partial charge in [0.15, 0.2) is 11.5 Å². The lowest BCUT2D eigenvalue weighted by atomic mass is 9.57. The minimum absolute atomic E-state index is 0.0167. The van der Waals surface area contributed by atoms with Crippen LogP contribution in [0.2, 0.25) is 0 Å². The third kappa shape index (κ3) is 2.53. The smallest absolute Gasteiger partial charge is 0.233 e. The number of allylic oxidation sites excluding steroid dienone is 2. The monoisotopic (exact) mass is 424 g/mol. The summed E-state index contributed by atoms with van der Waals surface area (Å²) in [5.74, 6) is -3.35. The first-order chi connectivity index (χ1) is 14.8. The van der Waals surface area contributed by atoms with E-state index in [0.29, 0.717) is 12.8 Å². The fourth-order valence-electron chi connectivity index (χ4n) is 6.17. The molecule has 0 spiro atoms. The van der Waals surface area contributed by atoms with E-state index >= 15 is 0 Å². The summed E-state index contributed by atoms with van der Waals surface area (Å²) in [7, 11) is 4.46. The molecule has 31 heavy (non-hydrogen) atoms. The van der Waals surface area contributed by atoms with Crippen molar-refractivity contribution >= 4 is 23.6 Å². The van der Waals surface area contributed by atoms with E-state index in [4.69, 9.17) is 4.74 Å². The summed E-state index contributed by atoms with van der Waals surface area (Å²) in [6.07, 6.45) is 2.81. The highest BCUT2D eigenvalue weighted by Gasteiger charge is 2.60. The maximum Gasteiger partial charge on any atom is 0.233 e. The Labute approximate surface area is 179 Å². The lowest BCUT2D eigenvalue weighted by molar-refractivity contribution is -0.140. The third-order valence-corrected chi connectivity index (χ3v) is 7.65. The van der Waals surface area contributed by atoms with E-state index in [1.807, 2.05) is 6.08 Å². The molecule has 8 nitrogen and oxygen atoms in total. The Hall–Kier alpha value is -3.16. The van der Waals surface area contributed by atoms with Crippen molar-refractivity contribution in [1.29, 1.82) is 0 Å². The second kappa shape index (κ2) is 6.67. The minimum Gasteiger partial charge on any atom is -0.504 e. The van der Waals surface area contributed by atoms with E-state index in [2.05, 4.69) is 0 Å². The number of carbonyl (C=O) groups excluding carboxylic acids is 4. The Morgan fingerprint density at radius 2 is 1.55 bits per heavy atom. The molecule has 2 saturated heterocycles. The highest BCUT2D eigenvalue weighted by Crippen LogP contribution is 2.57. The molecule has 0 bridgehead atoms. The van der Waals surface area contributed by atoms with Gasteiger partial charge in [-0.2, -0.15) is 0 Å². The molecule has 1 saturated carbocycles. The van der Waals surface area contributed by atoms with Crippen LogP contribution in [0.5, 0.6) is 11.5 Å². The Morgan fingerprint density at radius 3 is 2.23 bits per heavy atom. The molecule has 5 rings (SSSR count). The Kier molecular flexibility index (Phi) is 4.26. The fraction of sp³-hybridized carbons (Fsp3) is 0.478. The number of fused-ring (bicyclic) bond motifs is 4. The molecule has 8 heteroatoms. The van der Waals surface area contributed by atoms with Gasteiger partial charge in [0.2, 0.25) is 23.6 Å². The number of benzene rings is 1. The molecule has 6 atom stereocenters. The molecule has 2 heterocycles. The SMILES string of the molecule is COc1cc(C2C3=CCC4C(=O)N(C)C(=O)C4C3CC3C(=O)N(C)C(=O)C32)ccc1O. The first kappa shape index (κ1) is 19.8. The zero-order chi connectivity index (χ0) is 22.2. The van der Waals surface area contributed by atoms with Crippen LogP contribution in [0, 0.1) is 29.6 Å². The van der Waals surface area contributed by atoms with Crippen molar-refractivity contribution in [2.24, 2.45) is 29.6 Å². The highest BCUT2D eigenvalue weighted by atomic mass is 16.5. The van der Waals surface area contributed by atoms with Gasteiger partial charge in [-0.3, -0.25) is 29.0 Å². The van der Waals surface area contributed by atoms with Crippen molar-refractivity contribution in [2.75, 3.05) is 21.2 Å². The summed E-state index contributed by atoms with van der Waals surface area (Å²) in [6, 6.07) is 4.94. The average Bonchev–Trinajstić information content (AvgIpc) is 3.12. The van der Waals surface area contributed by atoms with Crippen molar-refractivity contribution in [2.45, 2.75) is 18.8 Å². The Balaban J connectivity index is 1.67. The van der Waals surface area contributed by atoms with Gasteiger partial charge >= 0.3 is 0 Å². The van der Waals surface area contributed by atoms with Gasteiger partial charge in [-0.25, -0.2) is 0 Å². The van der Waals surface area contributed by atoms with Crippen molar-refractivity contribution in [1.82, 2.24) is 9.80 Å². The number of carbonyl (C=O) groups is 4. The zero-order valence-corrected chi connectivity index (χ0v) is 17.6. The van der Waals surface area contributed by atoms with E-state index in [-0.39, 0.29) is 41.0 Å². The molecule has 1 N–H and O–H groups in total. The summed E-state index contributed by atoms with van der Waals surface area (Å²) < 4.78 is 5.27. The molecule has 1 aromatic rings. The number of rotatable bonds is 2. The number of aromatic hydroxyl groups is 1. The summed E-state index contributed by atoms with van der Waals surface area (Å²) in [6.45, 7) is 0. The van der Waals surface area contributed by atoms with Gasteiger partial charge in [0, 0.05) is 20.0 Å². The topological polar surface area (TPSA) is 104 Å². The van der Waals surface area contributed by atoms with Crippen molar-refractivity contribution in [3.05, 3.63) is 35.4 Å². The molecule has 2 aliphatic carbocycles. The maximum absolute atomic E-state index is 13.1. The quantitative estimate of drug-likeness (QED) is 0.567. The lowest BCUT2D eigenvalue weighted by Gasteiger charge is -2.44. The van der Waals surface area contributed by atoms with E-state index in [9.17, 15) is 24.3 Å². The van der Waals surface area contributed by atoms with Gasteiger partial charge in [0.1, 0.15) is 0 Å². The number of nitrogens with zero attached hydrogens (tertiary/aromatic N) is 2. The molecule has 6 unspecified atom stereocenters. The van der Waals surface area contributed by atoms with Crippen molar-refractivity contribution in [3.8, 4) is 11.5 Å². The normalized spacial score (nSPS) is 34.5. The molecule has 0 aromatic heterocycles. The van der Waals surface area contributed by atoms with Crippen LogP contribution in [0.15, 0.2) is 29.8 Å². The lowest BCUT2D eigenvalue weighted by Crippen LogP contribution is -2.42. The maximum atomic E-state index is 13.1. The van der Waals surface area contributed by atoms with Crippen LogP contribution < -0.4 is 4.74 Å². The number of hydrogen-bond acceptors (Lipinski definition) is 6. The van der Waals surface area contributed by atoms with Gasteiger partial charge < -0.3 is 9.84 Å². The van der Waals surface area contributed by atoms with Crippen LogP contribution >= 0.6 is 0 Å². The van der Waals surface area contributed by atoms with E-state index in [1.165, 1.54) is 37.1 Å². The van der Waals surface area contributed by atoms with Gasteiger partial charge in [-0.05, 0) is 36.5 Å². The molecule has 3 fully saturated rings. The first-order valence-electron chi connectivity index (χ1n) is 10.5. The van der Waals surface area contributed by atoms with Crippen molar-refractivity contribution in [3.63, 3.8) is 0 Å². The Bertz CT molecular complexity index is 1060. The van der Waals surface area contributed by atoms with Crippen LogP contribution in [0.25, 0.3) is 0 Å². The first-order valence-corrected chi connectivity index (χ1v) is 10.5. The zero-order valence-electron chi connectivity index (χ0n) is 17.6. The van der Waals surface area contributed by atoms with Crippen molar-refractivity contribution < 1.29 is 29.0 Å². The number of amides is 4. The molecule has 2 aliphatic heterocycles. The van der Waals surface area contributed by atoms with Crippen LogP contribution in [0.4, 0.5) is 0 Å². The largest absolute Gasteiger partial charge is 0.504 e. The second-order valence-corrected chi connectivity index (χ2v) is 8.93. The van der Waals surface area contributed by atoms with Crippen LogP contribution in [-0.4, -0.2) is 59.7 Å². The molecular formula is C23H24N2O6. The number of methoxy groups -OCH3 is 1. The van der Waals surface area contributed by atoms with Crippen LogP contribution in [0.1, 0.15) is 24.3 Å². The third-order valence-electron chi connectivity index (χ3n) is 7.65. The van der Waals surface area contributed by atoms with E-state index < -0.39 is 29.6 Å². The summed E-state index contributed by atoms with van der Waals surface area (Å²) in [4.78, 5) is 54.0. The summed E-state index contributed by atoms with van der Waals surface area (Å²) in [5, 5.41) is 10.0.